The smallest absolute Gasteiger partial charge is 0.312 e. The van der Waals surface area contributed by atoms with E-state index >= 15 is 0 Å². The molecule has 0 fully saturated rings. The highest BCUT2D eigenvalue weighted by molar-refractivity contribution is 7.99. The first-order valence-electron chi connectivity index (χ1n) is 5.69. The van der Waals surface area contributed by atoms with E-state index in [2.05, 4.69) is 0 Å². The summed E-state index contributed by atoms with van der Waals surface area (Å²) in [6.07, 6.45) is 0. The average molecular weight is 266 g/mol. The molecule has 0 aliphatic carbocycles. The van der Waals surface area contributed by atoms with Crippen LogP contribution in [0.5, 0.6) is 0 Å². The number of esters is 1. The molecule has 0 N–H and O–H groups in total. The van der Waals surface area contributed by atoms with E-state index in [1.54, 1.807) is 30.8 Å². The van der Waals surface area contributed by atoms with Crippen molar-refractivity contribution in [2.75, 3.05) is 12.9 Å². The van der Waals surface area contributed by atoms with Crippen molar-refractivity contribution < 1.29 is 14.3 Å². The van der Waals surface area contributed by atoms with Gasteiger partial charge in [0.05, 0.1) is 12.5 Å². The third kappa shape index (κ3) is 3.88. The lowest BCUT2D eigenvalue weighted by Gasteiger charge is -2.20. The third-order valence-corrected chi connectivity index (χ3v) is 4.07. The number of thioether (sulfide) groups is 1. The summed E-state index contributed by atoms with van der Waals surface area (Å²) < 4.78 is 4.76. The number of benzene rings is 1. The highest BCUT2D eigenvalue weighted by Crippen LogP contribution is 2.28. The van der Waals surface area contributed by atoms with Crippen molar-refractivity contribution >= 4 is 23.5 Å². The lowest BCUT2D eigenvalue weighted by atomic mass is 9.97. The number of hydrogen-bond acceptors (Lipinski definition) is 4. The van der Waals surface area contributed by atoms with E-state index in [0.29, 0.717) is 11.3 Å². The van der Waals surface area contributed by atoms with E-state index in [9.17, 15) is 9.59 Å². The fraction of sp³-hybridized carbons (Fsp3) is 0.429. The predicted molar refractivity (Wildman–Crippen MR) is 73.0 cm³/mol. The lowest BCUT2D eigenvalue weighted by Crippen LogP contribution is -2.28. The second kappa shape index (κ2) is 6.05. The summed E-state index contributed by atoms with van der Waals surface area (Å²) in [5.74, 6) is 0.482. The maximum Gasteiger partial charge on any atom is 0.312 e. The van der Waals surface area contributed by atoms with Gasteiger partial charge in [-0.1, -0.05) is 12.1 Å². The van der Waals surface area contributed by atoms with Gasteiger partial charge in [0.25, 0.3) is 0 Å². The van der Waals surface area contributed by atoms with Crippen LogP contribution in [-0.2, 0) is 9.53 Å². The summed E-state index contributed by atoms with van der Waals surface area (Å²) in [4.78, 5) is 23.7. The summed E-state index contributed by atoms with van der Waals surface area (Å²) in [6, 6.07) is 7.40. The lowest BCUT2D eigenvalue weighted by molar-refractivity contribution is -0.149. The van der Waals surface area contributed by atoms with Crippen LogP contribution in [-0.4, -0.2) is 24.6 Å². The molecule has 0 heterocycles. The highest BCUT2D eigenvalue weighted by atomic mass is 32.2. The summed E-state index contributed by atoms with van der Waals surface area (Å²) in [6.45, 7) is 5.26. The second-order valence-corrected chi connectivity index (χ2v) is 5.79. The minimum atomic E-state index is -0.515. The van der Waals surface area contributed by atoms with Crippen molar-refractivity contribution in [2.45, 2.75) is 25.7 Å². The fourth-order valence-corrected chi connectivity index (χ4v) is 2.36. The van der Waals surface area contributed by atoms with E-state index < -0.39 is 5.41 Å². The van der Waals surface area contributed by atoms with Gasteiger partial charge in [0.15, 0.2) is 5.78 Å². The van der Waals surface area contributed by atoms with Crippen LogP contribution >= 0.6 is 11.8 Å². The molecule has 18 heavy (non-hydrogen) atoms. The van der Waals surface area contributed by atoms with Crippen LogP contribution in [0.3, 0.4) is 0 Å². The Morgan fingerprint density at radius 3 is 2.22 bits per heavy atom. The van der Waals surface area contributed by atoms with Gasteiger partial charge in [-0.05, 0) is 32.9 Å². The molecule has 0 aromatic heterocycles. The SMILES string of the molecule is COC(=O)C(C)(C)CSc1ccc(C(C)=O)cc1. The minimum Gasteiger partial charge on any atom is -0.469 e. The molecule has 0 saturated carbocycles. The van der Waals surface area contributed by atoms with Crippen molar-refractivity contribution in [2.24, 2.45) is 5.41 Å². The van der Waals surface area contributed by atoms with Gasteiger partial charge in [0, 0.05) is 16.2 Å². The van der Waals surface area contributed by atoms with Crippen molar-refractivity contribution in [1.29, 1.82) is 0 Å². The molecule has 0 unspecified atom stereocenters. The Labute approximate surface area is 112 Å². The molecule has 98 valence electrons. The van der Waals surface area contributed by atoms with Gasteiger partial charge in [0.2, 0.25) is 0 Å². The maximum atomic E-state index is 11.5. The fourth-order valence-electron chi connectivity index (χ4n) is 1.38. The Bertz CT molecular complexity index is 435. The van der Waals surface area contributed by atoms with E-state index in [4.69, 9.17) is 4.74 Å². The third-order valence-electron chi connectivity index (χ3n) is 2.60. The van der Waals surface area contributed by atoms with Crippen LogP contribution < -0.4 is 0 Å². The van der Waals surface area contributed by atoms with Gasteiger partial charge in [0.1, 0.15) is 0 Å². The minimum absolute atomic E-state index is 0.0569. The molecule has 0 radical (unpaired) electrons. The molecule has 3 nitrogen and oxygen atoms in total. The van der Waals surface area contributed by atoms with E-state index in [-0.39, 0.29) is 11.8 Å². The number of hydrogen-bond donors (Lipinski definition) is 0. The van der Waals surface area contributed by atoms with Crippen LogP contribution in [0, 0.1) is 5.41 Å². The van der Waals surface area contributed by atoms with Crippen molar-refractivity contribution in [3.8, 4) is 0 Å². The van der Waals surface area contributed by atoms with Crippen LogP contribution in [0.4, 0.5) is 0 Å². The van der Waals surface area contributed by atoms with E-state index in [1.807, 2.05) is 26.0 Å². The molecule has 0 saturated heterocycles. The molecule has 0 amide bonds. The van der Waals surface area contributed by atoms with E-state index in [1.165, 1.54) is 7.11 Å². The van der Waals surface area contributed by atoms with Crippen molar-refractivity contribution in [1.82, 2.24) is 0 Å². The highest BCUT2D eigenvalue weighted by Gasteiger charge is 2.28. The first-order chi connectivity index (χ1) is 8.36. The van der Waals surface area contributed by atoms with Crippen LogP contribution in [0.2, 0.25) is 0 Å². The molecule has 0 bridgehead atoms. The molecule has 1 aromatic rings. The second-order valence-electron chi connectivity index (χ2n) is 4.74. The number of rotatable bonds is 5. The van der Waals surface area contributed by atoms with Crippen molar-refractivity contribution in [3.63, 3.8) is 0 Å². The molecule has 0 spiro atoms. The molecule has 0 atom stereocenters. The maximum absolute atomic E-state index is 11.5. The Morgan fingerprint density at radius 1 is 1.22 bits per heavy atom. The number of ketones is 1. The molecule has 0 aliphatic rings. The van der Waals surface area contributed by atoms with Gasteiger partial charge >= 0.3 is 5.97 Å². The molecular weight excluding hydrogens is 248 g/mol. The summed E-state index contributed by atoms with van der Waals surface area (Å²) in [5, 5.41) is 0. The normalized spacial score (nSPS) is 11.1. The molecule has 0 aliphatic heterocycles. The Hall–Kier alpha value is -1.29. The Balaban J connectivity index is 2.64. The summed E-state index contributed by atoms with van der Waals surface area (Å²) >= 11 is 1.58. The number of ether oxygens (including phenoxy) is 1. The van der Waals surface area contributed by atoms with Crippen LogP contribution in [0.15, 0.2) is 29.2 Å². The monoisotopic (exact) mass is 266 g/mol. The zero-order valence-corrected chi connectivity index (χ0v) is 12.0. The number of methoxy groups -OCH3 is 1. The predicted octanol–water partition coefficient (Wildman–Crippen LogP) is 3.18. The molecule has 1 aromatic carbocycles. The number of carbonyl (C=O) groups is 2. The first kappa shape index (κ1) is 14.8. The van der Waals surface area contributed by atoms with E-state index in [0.717, 1.165) is 4.90 Å². The van der Waals surface area contributed by atoms with Crippen LogP contribution in [0.1, 0.15) is 31.1 Å². The zero-order valence-electron chi connectivity index (χ0n) is 11.1. The van der Waals surface area contributed by atoms with Gasteiger partial charge in [-0.25, -0.2) is 0 Å². The first-order valence-corrected chi connectivity index (χ1v) is 6.67. The largest absolute Gasteiger partial charge is 0.469 e. The van der Waals surface area contributed by atoms with Crippen molar-refractivity contribution in [3.05, 3.63) is 29.8 Å². The number of carbonyl (C=O) groups excluding carboxylic acids is 2. The van der Waals surface area contributed by atoms with Gasteiger partial charge in [-0.2, -0.15) is 0 Å². The average Bonchev–Trinajstić information content (AvgIpc) is 2.35. The van der Waals surface area contributed by atoms with Crippen LogP contribution in [0.25, 0.3) is 0 Å². The molecule has 1 rings (SSSR count). The summed E-state index contributed by atoms with van der Waals surface area (Å²) in [5.41, 5.74) is 0.185. The zero-order chi connectivity index (χ0) is 13.8. The standard InChI is InChI=1S/C14H18O3S/c1-10(15)11-5-7-12(8-6-11)18-9-14(2,3)13(16)17-4/h5-8H,9H2,1-4H3. The Morgan fingerprint density at radius 2 is 1.78 bits per heavy atom. The number of Topliss-reactive ketones (excluding diaryl/α,β-unsaturated/α-hetero) is 1. The van der Waals surface area contributed by atoms with Gasteiger partial charge < -0.3 is 4.74 Å². The summed E-state index contributed by atoms with van der Waals surface area (Å²) in [7, 11) is 1.40. The van der Waals surface area contributed by atoms with Gasteiger partial charge in [-0.15, -0.1) is 11.8 Å². The Kier molecular flexibility index (Phi) is 4.96. The quantitative estimate of drug-likeness (QED) is 0.466. The molecule has 4 heteroatoms. The molecular formula is C14H18O3S. The van der Waals surface area contributed by atoms with Gasteiger partial charge in [-0.3, -0.25) is 9.59 Å². The topological polar surface area (TPSA) is 43.4 Å².